The highest BCUT2D eigenvalue weighted by atomic mass is 16.5. The molecule has 0 bridgehead atoms. The van der Waals surface area contributed by atoms with Crippen molar-refractivity contribution in [3.63, 3.8) is 0 Å². The van der Waals surface area contributed by atoms with Gasteiger partial charge in [-0.3, -0.25) is 9.78 Å². The van der Waals surface area contributed by atoms with Gasteiger partial charge in [0.25, 0.3) is 0 Å². The second-order valence-electron chi connectivity index (χ2n) is 6.11. The van der Waals surface area contributed by atoms with Gasteiger partial charge in [0.15, 0.2) is 0 Å². The zero-order chi connectivity index (χ0) is 17.8. The van der Waals surface area contributed by atoms with Gasteiger partial charge in [0.1, 0.15) is 5.82 Å². The van der Waals surface area contributed by atoms with E-state index < -0.39 is 0 Å². The van der Waals surface area contributed by atoms with E-state index in [1.165, 1.54) is 0 Å². The molecular weight excluding hydrogens is 332 g/mol. The molecule has 0 spiro atoms. The minimum Gasteiger partial charge on any atom is -0.351 e. The summed E-state index contributed by atoms with van der Waals surface area (Å²) < 4.78 is 5.23. The number of aryl methyl sites for hydroxylation is 1. The molecule has 1 aliphatic heterocycles. The summed E-state index contributed by atoms with van der Waals surface area (Å²) in [6.45, 7) is 1.48. The Kier molecular flexibility index (Phi) is 4.55. The molecule has 4 rings (SSSR count). The zero-order valence-corrected chi connectivity index (χ0v) is 14.1. The molecule has 8 heteroatoms. The van der Waals surface area contributed by atoms with Gasteiger partial charge in [-0.25, -0.2) is 4.98 Å². The van der Waals surface area contributed by atoms with E-state index in [1.54, 1.807) is 18.6 Å². The van der Waals surface area contributed by atoms with Crippen molar-refractivity contribution in [2.75, 3.05) is 18.0 Å². The number of nitrogens with one attached hydrogen (secondary N) is 1. The number of amides is 1. The van der Waals surface area contributed by atoms with E-state index in [0.717, 1.165) is 24.5 Å². The van der Waals surface area contributed by atoms with Crippen molar-refractivity contribution in [3.8, 4) is 11.4 Å². The molecule has 1 fully saturated rings. The van der Waals surface area contributed by atoms with Gasteiger partial charge < -0.3 is 14.7 Å². The average Bonchev–Trinajstić information content (AvgIpc) is 3.13. The Balaban J connectivity index is 1.22. The van der Waals surface area contributed by atoms with E-state index >= 15 is 0 Å². The Morgan fingerprint density at radius 2 is 2.08 bits per heavy atom. The number of hydrogen-bond acceptors (Lipinski definition) is 7. The van der Waals surface area contributed by atoms with Crippen molar-refractivity contribution in [1.29, 1.82) is 0 Å². The minimum atomic E-state index is -0.0201. The molecule has 1 aliphatic rings. The van der Waals surface area contributed by atoms with E-state index in [-0.39, 0.29) is 11.9 Å². The number of aromatic nitrogens is 4. The fourth-order valence-electron chi connectivity index (χ4n) is 2.79. The van der Waals surface area contributed by atoms with Gasteiger partial charge in [0, 0.05) is 43.9 Å². The highest BCUT2D eigenvalue weighted by Gasteiger charge is 2.29. The quantitative estimate of drug-likeness (QED) is 0.719. The topological polar surface area (TPSA) is 97.0 Å². The fraction of sp³-hybridized carbons (Fsp3) is 0.278. The Hall–Kier alpha value is -3.29. The molecule has 0 unspecified atom stereocenters. The number of carbonyl (C=O) groups is 1. The molecule has 0 atom stereocenters. The molecule has 1 amide bonds. The summed E-state index contributed by atoms with van der Waals surface area (Å²) in [5.41, 5.74) is 0.894. The zero-order valence-electron chi connectivity index (χ0n) is 14.1. The van der Waals surface area contributed by atoms with Gasteiger partial charge in [0.05, 0.1) is 12.2 Å². The largest absolute Gasteiger partial charge is 0.351 e. The van der Waals surface area contributed by atoms with Gasteiger partial charge in [-0.2, -0.15) is 4.98 Å². The average molecular weight is 350 g/mol. The highest BCUT2D eigenvalue weighted by Crippen LogP contribution is 2.17. The number of nitrogens with zero attached hydrogens (tertiary/aromatic N) is 5. The van der Waals surface area contributed by atoms with Gasteiger partial charge in [-0.15, -0.1) is 0 Å². The maximum atomic E-state index is 12.1. The second-order valence-corrected chi connectivity index (χ2v) is 6.11. The Morgan fingerprint density at radius 1 is 1.23 bits per heavy atom. The van der Waals surface area contributed by atoms with Crippen LogP contribution < -0.4 is 10.2 Å². The molecule has 8 nitrogen and oxygen atoms in total. The van der Waals surface area contributed by atoms with Gasteiger partial charge in [-0.1, -0.05) is 35.5 Å². The number of anilines is 1. The second kappa shape index (κ2) is 7.30. The standard InChI is InChI=1S/C18H18N6O2/c25-16(21-14-11-24(12-14)15-10-19-8-9-20-15)6-7-17-22-18(23-26-17)13-4-2-1-3-5-13/h1-5,8-10,14H,6-7,11-12H2,(H,21,25). The first-order valence-corrected chi connectivity index (χ1v) is 8.46. The molecule has 26 heavy (non-hydrogen) atoms. The normalized spacial score (nSPS) is 14.1. The van der Waals surface area contributed by atoms with Gasteiger partial charge in [-0.05, 0) is 0 Å². The summed E-state index contributed by atoms with van der Waals surface area (Å²) in [4.78, 5) is 26.8. The molecule has 1 N–H and O–H groups in total. The van der Waals surface area contributed by atoms with Crippen LogP contribution in [0.15, 0.2) is 53.4 Å². The van der Waals surface area contributed by atoms with Crippen LogP contribution >= 0.6 is 0 Å². The van der Waals surface area contributed by atoms with Crippen molar-refractivity contribution in [2.45, 2.75) is 18.9 Å². The van der Waals surface area contributed by atoms with Crippen LogP contribution in [0.25, 0.3) is 11.4 Å². The lowest BCUT2D eigenvalue weighted by Crippen LogP contribution is -2.59. The molecular formula is C18H18N6O2. The summed E-state index contributed by atoms with van der Waals surface area (Å²) in [6, 6.07) is 9.73. The first-order valence-electron chi connectivity index (χ1n) is 8.46. The van der Waals surface area contributed by atoms with Gasteiger partial charge >= 0.3 is 0 Å². The Morgan fingerprint density at radius 3 is 2.85 bits per heavy atom. The lowest BCUT2D eigenvalue weighted by Gasteiger charge is -2.40. The van der Waals surface area contributed by atoms with Gasteiger partial charge in [0.2, 0.25) is 17.6 Å². The van der Waals surface area contributed by atoms with Crippen molar-refractivity contribution >= 4 is 11.7 Å². The summed E-state index contributed by atoms with van der Waals surface area (Å²) in [5, 5.41) is 6.97. The fourth-order valence-corrected chi connectivity index (χ4v) is 2.79. The molecule has 132 valence electrons. The third kappa shape index (κ3) is 3.69. The minimum absolute atomic E-state index is 0.0201. The molecule has 1 aromatic carbocycles. The summed E-state index contributed by atoms with van der Waals surface area (Å²) >= 11 is 0. The van der Waals surface area contributed by atoms with Crippen molar-refractivity contribution in [3.05, 3.63) is 54.8 Å². The van der Waals surface area contributed by atoms with Crippen molar-refractivity contribution in [1.82, 2.24) is 25.4 Å². The van der Waals surface area contributed by atoms with Crippen LogP contribution in [0.2, 0.25) is 0 Å². The van der Waals surface area contributed by atoms with E-state index in [0.29, 0.717) is 24.6 Å². The first-order chi connectivity index (χ1) is 12.8. The highest BCUT2D eigenvalue weighted by molar-refractivity contribution is 5.76. The van der Waals surface area contributed by atoms with E-state index in [4.69, 9.17) is 4.52 Å². The summed E-state index contributed by atoms with van der Waals surface area (Å²) in [7, 11) is 0. The smallest absolute Gasteiger partial charge is 0.227 e. The van der Waals surface area contributed by atoms with Crippen LogP contribution in [-0.2, 0) is 11.2 Å². The molecule has 0 aliphatic carbocycles. The predicted molar refractivity (Wildman–Crippen MR) is 94.2 cm³/mol. The van der Waals surface area contributed by atoms with Crippen LogP contribution in [0.3, 0.4) is 0 Å². The van der Waals surface area contributed by atoms with Crippen molar-refractivity contribution in [2.24, 2.45) is 0 Å². The maximum absolute atomic E-state index is 12.1. The number of hydrogen-bond donors (Lipinski definition) is 1. The Bertz CT molecular complexity index is 862. The number of benzene rings is 1. The monoisotopic (exact) mass is 350 g/mol. The molecule has 0 radical (unpaired) electrons. The molecule has 3 heterocycles. The van der Waals surface area contributed by atoms with E-state index in [2.05, 4.69) is 30.3 Å². The lowest BCUT2D eigenvalue weighted by atomic mass is 10.1. The third-order valence-corrected chi connectivity index (χ3v) is 4.19. The molecule has 1 saturated heterocycles. The summed E-state index contributed by atoms with van der Waals surface area (Å²) in [5.74, 6) is 1.82. The third-order valence-electron chi connectivity index (χ3n) is 4.19. The van der Waals surface area contributed by atoms with Crippen LogP contribution in [0.4, 0.5) is 5.82 Å². The molecule has 3 aromatic rings. The van der Waals surface area contributed by atoms with E-state index in [1.807, 2.05) is 30.3 Å². The maximum Gasteiger partial charge on any atom is 0.227 e. The first kappa shape index (κ1) is 16.2. The van der Waals surface area contributed by atoms with Crippen LogP contribution in [0.1, 0.15) is 12.3 Å². The SMILES string of the molecule is O=C(CCc1nc(-c2ccccc2)no1)NC1CN(c2cnccn2)C1. The van der Waals surface area contributed by atoms with Crippen molar-refractivity contribution < 1.29 is 9.32 Å². The molecule has 0 saturated carbocycles. The number of rotatable bonds is 6. The van der Waals surface area contributed by atoms with Crippen LogP contribution in [0.5, 0.6) is 0 Å². The predicted octanol–water partition coefficient (Wildman–Crippen LogP) is 1.46. The lowest BCUT2D eigenvalue weighted by molar-refractivity contribution is -0.122. The Labute approximate surface area is 150 Å². The van der Waals surface area contributed by atoms with Crippen LogP contribution in [0, 0.1) is 0 Å². The van der Waals surface area contributed by atoms with Crippen LogP contribution in [-0.4, -0.2) is 45.1 Å². The van der Waals surface area contributed by atoms with E-state index in [9.17, 15) is 4.79 Å². The summed E-state index contributed by atoms with van der Waals surface area (Å²) in [6.07, 6.45) is 5.76. The number of carbonyl (C=O) groups excluding carboxylic acids is 1. The molecule has 2 aromatic heterocycles.